The minimum Gasteiger partial charge on any atom is -0.340 e. The van der Waals surface area contributed by atoms with E-state index in [4.69, 9.17) is 0 Å². The van der Waals surface area contributed by atoms with Crippen molar-refractivity contribution in [1.29, 1.82) is 0 Å². The van der Waals surface area contributed by atoms with Crippen LogP contribution in [0.1, 0.15) is 33.1 Å². The lowest BCUT2D eigenvalue weighted by Crippen LogP contribution is -2.47. The van der Waals surface area contributed by atoms with Gasteiger partial charge in [-0.25, -0.2) is 0 Å². The summed E-state index contributed by atoms with van der Waals surface area (Å²) in [5, 5.41) is 3.29. The summed E-state index contributed by atoms with van der Waals surface area (Å²) in [5.74, 6) is 2.00. The normalized spacial score (nSPS) is 25.2. The second-order valence-corrected chi connectivity index (χ2v) is 6.47. The van der Waals surface area contributed by atoms with E-state index >= 15 is 0 Å². The molecule has 0 spiro atoms. The Hall–Kier alpha value is -0.610. The molecule has 0 aromatic carbocycles. The predicted molar refractivity (Wildman–Crippen MR) is 78.1 cm³/mol. The third-order valence-corrected chi connectivity index (χ3v) is 4.29. The van der Waals surface area contributed by atoms with Crippen molar-refractivity contribution in [2.45, 2.75) is 33.1 Å². The van der Waals surface area contributed by atoms with Gasteiger partial charge in [-0.1, -0.05) is 13.8 Å². The first-order chi connectivity index (χ1) is 9.15. The van der Waals surface area contributed by atoms with E-state index in [2.05, 4.69) is 24.1 Å². The van der Waals surface area contributed by atoms with Crippen LogP contribution >= 0.6 is 0 Å². The Morgan fingerprint density at radius 2 is 2.00 bits per heavy atom. The van der Waals surface area contributed by atoms with E-state index in [0.29, 0.717) is 12.3 Å². The van der Waals surface area contributed by atoms with E-state index in [1.807, 2.05) is 4.90 Å². The Labute approximate surface area is 117 Å². The number of likely N-dealkylation sites (tertiary alicyclic amines) is 1. The molecule has 19 heavy (non-hydrogen) atoms. The number of rotatable bonds is 5. The smallest absolute Gasteiger partial charge is 0.223 e. The Bertz CT molecular complexity index is 287. The van der Waals surface area contributed by atoms with Crippen molar-refractivity contribution in [3.63, 3.8) is 0 Å². The molecule has 2 rings (SSSR count). The average molecular weight is 267 g/mol. The Kier molecular flexibility index (Phi) is 5.64. The van der Waals surface area contributed by atoms with Crippen molar-refractivity contribution in [1.82, 2.24) is 15.1 Å². The minimum absolute atomic E-state index is 0.341. The minimum atomic E-state index is 0.341. The molecule has 0 radical (unpaired) electrons. The molecular formula is C15H29N3O. The maximum Gasteiger partial charge on any atom is 0.223 e. The zero-order chi connectivity index (χ0) is 13.7. The molecule has 2 aliphatic rings. The van der Waals surface area contributed by atoms with Crippen molar-refractivity contribution in [3.05, 3.63) is 0 Å². The Balaban J connectivity index is 1.64. The molecule has 2 heterocycles. The van der Waals surface area contributed by atoms with Gasteiger partial charge in [0.15, 0.2) is 0 Å². The first-order valence-corrected chi connectivity index (χ1v) is 7.86. The molecule has 0 saturated carbocycles. The number of nitrogens with zero attached hydrogens (tertiary/aromatic N) is 2. The molecule has 1 N–H and O–H groups in total. The van der Waals surface area contributed by atoms with Crippen LogP contribution in [0.3, 0.4) is 0 Å². The molecule has 0 bridgehead atoms. The van der Waals surface area contributed by atoms with Crippen LogP contribution in [0.4, 0.5) is 0 Å². The van der Waals surface area contributed by atoms with Crippen LogP contribution < -0.4 is 5.32 Å². The number of carbonyl (C=O) groups excluding carboxylic acids is 1. The van der Waals surface area contributed by atoms with Crippen LogP contribution in [0.2, 0.25) is 0 Å². The van der Waals surface area contributed by atoms with E-state index in [0.717, 1.165) is 44.6 Å². The predicted octanol–water partition coefficient (Wildman–Crippen LogP) is 1.18. The summed E-state index contributed by atoms with van der Waals surface area (Å²) in [5.41, 5.74) is 0. The highest BCUT2D eigenvalue weighted by Gasteiger charge is 2.24. The zero-order valence-electron chi connectivity index (χ0n) is 12.5. The number of amides is 1. The number of hydrogen-bond donors (Lipinski definition) is 1. The molecule has 2 aliphatic heterocycles. The summed E-state index contributed by atoms with van der Waals surface area (Å²) >= 11 is 0. The van der Waals surface area contributed by atoms with Gasteiger partial charge >= 0.3 is 0 Å². The lowest BCUT2D eigenvalue weighted by Gasteiger charge is -2.28. The van der Waals surface area contributed by atoms with Gasteiger partial charge in [-0.2, -0.15) is 0 Å². The van der Waals surface area contributed by atoms with Crippen LogP contribution in [-0.4, -0.2) is 61.5 Å². The second kappa shape index (κ2) is 7.25. The van der Waals surface area contributed by atoms with Crippen molar-refractivity contribution in [2.24, 2.45) is 11.8 Å². The molecule has 1 amide bonds. The van der Waals surface area contributed by atoms with Gasteiger partial charge in [-0.3, -0.25) is 4.79 Å². The molecule has 2 saturated heterocycles. The zero-order valence-corrected chi connectivity index (χ0v) is 12.5. The first-order valence-electron chi connectivity index (χ1n) is 7.86. The lowest BCUT2D eigenvalue weighted by atomic mass is 9.97. The van der Waals surface area contributed by atoms with E-state index < -0.39 is 0 Å². The second-order valence-electron chi connectivity index (χ2n) is 6.47. The SMILES string of the molecule is CC(C)CC1CCN(CCC(=O)N2CCNCC2)C1. The van der Waals surface area contributed by atoms with Crippen LogP contribution in [0, 0.1) is 11.8 Å². The summed E-state index contributed by atoms with van der Waals surface area (Å²) in [7, 11) is 0. The Morgan fingerprint density at radius 3 is 2.68 bits per heavy atom. The van der Waals surface area contributed by atoms with Crippen molar-refractivity contribution in [2.75, 3.05) is 45.8 Å². The highest BCUT2D eigenvalue weighted by molar-refractivity contribution is 5.76. The van der Waals surface area contributed by atoms with E-state index in [9.17, 15) is 4.79 Å². The van der Waals surface area contributed by atoms with Gasteiger partial charge in [0, 0.05) is 45.7 Å². The number of piperazine rings is 1. The number of nitrogens with one attached hydrogen (secondary N) is 1. The fourth-order valence-corrected chi connectivity index (χ4v) is 3.30. The van der Waals surface area contributed by atoms with Crippen LogP contribution in [0.5, 0.6) is 0 Å². The average Bonchev–Trinajstić information content (AvgIpc) is 2.84. The molecule has 0 aromatic heterocycles. The van der Waals surface area contributed by atoms with Gasteiger partial charge < -0.3 is 15.1 Å². The number of carbonyl (C=O) groups is 1. The summed E-state index contributed by atoms with van der Waals surface area (Å²) in [6, 6.07) is 0. The topological polar surface area (TPSA) is 35.6 Å². The molecule has 0 aromatic rings. The van der Waals surface area contributed by atoms with Crippen LogP contribution in [-0.2, 0) is 4.79 Å². The summed E-state index contributed by atoms with van der Waals surface area (Å²) in [6.45, 7) is 11.6. The third kappa shape index (κ3) is 4.77. The van der Waals surface area contributed by atoms with Gasteiger partial charge in [0.05, 0.1) is 0 Å². The fraction of sp³-hybridized carbons (Fsp3) is 0.933. The summed E-state index contributed by atoms with van der Waals surface area (Å²) in [4.78, 5) is 16.6. The highest BCUT2D eigenvalue weighted by atomic mass is 16.2. The van der Waals surface area contributed by atoms with E-state index in [-0.39, 0.29) is 0 Å². The molecule has 4 nitrogen and oxygen atoms in total. The summed E-state index contributed by atoms with van der Waals surface area (Å²) in [6.07, 6.45) is 3.36. The molecule has 110 valence electrons. The van der Waals surface area contributed by atoms with Gasteiger partial charge in [0.25, 0.3) is 0 Å². The molecule has 4 heteroatoms. The third-order valence-electron chi connectivity index (χ3n) is 4.29. The number of hydrogen-bond acceptors (Lipinski definition) is 3. The maximum atomic E-state index is 12.1. The largest absolute Gasteiger partial charge is 0.340 e. The van der Waals surface area contributed by atoms with Crippen LogP contribution in [0.15, 0.2) is 0 Å². The monoisotopic (exact) mass is 267 g/mol. The molecule has 1 atom stereocenters. The van der Waals surface area contributed by atoms with Gasteiger partial charge in [-0.05, 0) is 31.2 Å². The van der Waals surface area contributed by atoms with Crippen LogP contribution in [0.25, 0.3) is 0 Å². The van der Waals surface area contributed by atoms with Crippen molar-refractivity contribution in [3.8, 4) is 0 Å². The maximum absolute atomic E-state index is 12.1. The van der Waals surface area contributed by atoms with Gasteiger partial charge in [-0.15, -0.1) is 0 Å². The Morgan fingerprint density at radius 1 is 1.26 bits per heavy atom. The fourth-order valence-electron chi connectivity index (χ4n) is 3.30. The summed E-state index contributed by atoms with van der Waals surface area (Å²) < 4.78 is 0. The highest BCUT2D eigenvalue weighted by Crippen LogP contribution is 2.23. The van der Waals surface area contributed by atoms with E-state index in [1.54, 1.807) is 0 Å². The van der Waals surface area contributed by atoms with Crippen molar-refractivity contribution >= 4 is 5.91 Å². The molecule has 2 fully saturated rings. The van der Waals surface area contributed by atoms with Gasteiger partial charge in [0.2, 0.25) is 5.91 Å². The van der Waals surface area contributed by atoms with Crippen molar-refractivity contribution < 1.29 is 4.79 Å². The standard InChI is InChI=1S/C15H29N3O/c1-13(2)11-14-3-7-17(12-14)8-4-15(19)18-9-5-16-6-10-18/h13-14,16H,3-12H2,1-2H3. The first kappa shape index (κ1) is 14.8. The molecule has 1 unspecified atom stereocenters. The van der Waals surface area contributed by atoms with Gasteiger partial charge in [0.1, 0.15) is 0 Å². The van der Waals surface area contributed by atoms with E-state index in [1.165, 1.54) is 25.9 Å². The lowest BCUT2D eigenvalue weighted by molar-refractivity contribution is -0.132. The molecule has 0 aliphatic carbocycles. The quantitative estimate of drug-likeness (QED) is 0.812. The molecular weight excluding hydrogens is 238 g/mol.